The molecule has 0 amide bonds. The summed E-state index contributed by atoms with van der Waals surface area (Å²) in [4.78, 5) is -0.373. The zero-order valence-corrected chi connectivity index (χ0v) is 7.34. The minimum Gasteiger partial charge on any atom is -0.619 e. The number of sulfonamides is 1. The molecule has 0 atom stereocenters. The fourth-order valence-electron chi connectivity index (χ4n) is 0.651. The van der Waals surface area contributed by atoms with Crippen molar-refractivity contribution in [3.8, 4) is 0 Å². The Kier molecular flexibility index (Phi) is 2.22. The molecule has 0 aliphatic carbocycles. The van der Waals surface area contributed by atoms with Crippen molar-refractivity contribution < 1.29 is 13.1 Å². The molecule has 1 aromatic rings. The average molecular weight is 209 g/mol. The highest BCUT2D eigenvalue weighted by molar-refractivity contribution is 7.89. The van der Waals surface area contributed by atoms with Crippen LogP contribution < -0.4 is 9.87 Å². The first-order chi connectivity index (χ1) is 5.41. The van der Waals surface area contributed by atoms with Crippen molar-refractivity contribution >= 4 is 21.6 Å². The second kappa shape index (κ2) is 2.89. The van der Waals surface area contributed by atoms with Crippen molar-refractivity contribution in [2.24, 2.45) is 5.14 Å². The molecular formula is C5H5ClN2O3S. The summed E-state index contributed by atoms with van der Waals surface area (Å²) < 4.78 is 21.8. The highest BCUT2D eigenvalue weighted by Gasteiger charge is 2.15. The molecule has 1 rings (SSSR count). The van der Waals surface area contributed by atoms with E-state index >= 15 is 0 Å². The summed E-state index contributed by atoms with van der Waals surface area (Å²) in [6, 6.07) is 1.16. The molecule has 1 heterocycles. The van der Waals surface area contributed by atoms with Crippen LogP contribution in [0.2, 0.25) is 5.02 Å². The first kappa shape index (κ1) is 9.24. The van der Waals surface area contributed by atoms with Crippen molar-refractivity contribution in [2.45, 2.75) is 4.90 Å². The summed E-state index contributed by atoms with van der Waals surface area (Å²) >= 11 is 5.47. The Bertz CT molecular complexity index is 403. The molecule has 7 heteroatoms. The average Bonchev–Trinajstić information content (AvgIpc) is 1.92. The lowest BCUT2D eigenvalue weighted by Crippen LogP contribution is -2.27. The predicted octanol–water partition coefficient (Wildman–Crippen LogP) is -0.379. The van der Waals surface area contributed by atoms with Gasteiger partial charge in [-0.05, 0) is 0 Å². The molecule has 0 fully saturated rings. The molecule has 1 aromatic heterocycles. The van der Waals surface area contributed by atoms with Crippen LogP contribution >= 0.6 is 11.6 Å². The maximum atomic E-state index is 10.7. The Labute approximate surface area is 74.0 Å². The van der Waals surface area contributed by atoms with E-state index in [2.05, 4.69) is 0 Å². The number of rotatable bonds is 1. The quantitative estimate of drug-likeness (QED) is 0.504. The van der Waals surface area contributed by atoms with Gasteiger partial charge >= 0.3 is 0 Å². The molecule has 0 saturated heterocycles. The lowest BCUT2D eigenvalue weighted by atomic mass is 10.5. The van der Waals surface area contributed by atoms with E-state index in [0.717, 1.165) is 18.5 Å². The van der Waals surface area contributed by atoms with Crippen molar-refractivity contribution in [2.75, 3.05) is 0 Å². The Morgan fingerprint density at radius 2 is 2.17 bits per heavy atom. The number of primary sulfonamides is 1. The number of hydrogen-bond acceptors (Lipinski definition) is 3. The molecule has 0 bridgehead atoms. The second-order valence-corrected chi connectivity index (χ2v) is 4.00. The number of nitrogens with two attached hydrogens (primary N) is 1. The predicted molar refractivity (Wildman–Crippen MR) is 41.8 cm³/mol. The molecule has 5 nitrogen and oxygen atoms in total. The largest absolute Gasteiger partial charge is 0.619 e. The van der Waals surface area contributed by atoms with Crippen LogP contribution in [0.15, 0.2) is 23.4 Å². The number of hydrogen-bond donors (Lipinski definition) is 1. The van der Waals surface area contributed by atoms with Gasteiger partial charge in [0.2, 0.25) is 16.2 Å². The van der Waals surface area contributed by atoms with E-state index in [1.807, 2.05) is 0 Å². The third-order valence-corrected chi connectivity index (χ3v) is 2.53. The molecule has 2 N–H and O–H groups in total. The Morgan fingerprint density at radius 3 is 2.58 bits per heavy atom. The molecule has 12 heavy (non-hydrogen) atoms. The number of aromatic nitrogens is 1. The van der Waals surface area contributed by atoms with Gasteiger partial charge in [-0.2, -0.15) is 4.73 Å². The van der Waals surface area contributed by atoms with E-state index in [1.165, 1.54) is 0 Å². The third kappa shape index (κ3) is 1.84. The van der Waals surface area contributed by atoms with E-state index < -0.39 is 10.0 Å². The van der Waals surface area contributed by atoms with Gasteiger partial charge in [-0.25, -0.2) is 13.6 Å². The van der Waals surface area contributed by atoms with E-state index in [1.54, 1.807) is 0 Å². The third-order valence-electron chi connectivity index (χ3n) is 1.15. The zero-order valence-electron chi connectivity index (χ0n) is 5.77. The number of pyridine rings is 1. The van der Waals surface area contributed by atoms with Gasteiger partial charge in [0.15, 0.2) is 11.1 Å². The molecule has 0 saturated carbocycles. The maximum absolute atomic E-state index is 10.7. The monoisotopic (exact) mass is 208 g/mol. The van der Waals surface area contributed by atoms with Crippen LogP contribution in [0.4, 0.5) is 0 Å². The summed E-state index contributed by atoms with van der Waals surface area (Å²) in [5.41, 5.74) is 0. The van der Waals surface area contributed by atoms with Crippen LogP contribution in [0.1, 0.15) is 0 Å². The normalized spacial score (nSPS) is 11.5. The summed E-state index contributed by atoms with van der Waals surface area (Å²) in [5.74, 6) is 0. The summed E-state index contributed by atoms with van der Waals surface area (Å²) in [7, 11) is -3.91. The van der Waals surface area contributed by atoms with Crippen LogP contribution in [0.3, 0.4) is 0 Å². The second-order valence-electron chi connectivity index (χ2n) is 2.06. The van der Waals surface area contributed by atoms with Crippen LogP contribution in [-0.4, -0.2) is 8.42 Å². The van der Waals surface area contributed by atoms with Crippen molar-refractivity contribution in [3.05, 3.63) is 28.7 Å². The van der Waals surface area contributed by atoms with Gasteiger partial charge in [0.25, 0.3) is 0 Å². The van der Waals surface area contributed by atoms with Crippen LogP contribution in [0.25, 0.3) is 0 Å². The maximum Gasteiger partial charge on any atom is 0.245 e. The molecule has 0 unspecified atom stereocenters. The van der Waals surface area contributed by atoms with Crippen molar-refractivity contribution in [1.82, 2.24) is 0 Å². The van der Waals surface area contributed by atoms with Crippen LogP contribution in [-0.2, 0) is 10.0 Å². The minimum absolute atomic E-state index is 0.0652. The Morgan fingerprint density at radius 1 is 1.58 bits per heavy atom. The zero-order chi connectivity index (χ0) is 9.35. The van der Waals surface area contributed by atoms with Gasteiger partial charge in [0, 0.05) is 6.07 Å². The first-order valence-electron chi connectivity index (χ1n) is 2.82. The van der Waals surface area contributed by atoms with E-state index in [9.17, 15) is 13.6 Å². The number of nitrogens with zero attached hydrogens (tertiary/aromatic N) is 1. The highest BCUT2D eigenvalue weighted by Crippen LogP contribution is 2.16. The first-order valence-corrected chi connectivity index (χ1v) is 4.75. The lowest BCUT2D eigenvalue weighted by Gasteiger charge is -2.00. The molecule has 0 aromatic carbocycles. The Balaban J connectivity index is 3.43. The standard InChI is InChI=1S/C5H5ClN2O3S/c6-4-1-2-8(9)3-5(4)12(7,10)11/h1-3H,(H2,7,10,11). The SMILES string of the molecule is NS(=O)(=O)c1c[n+]([O-])ccc1Cl. The minimum atomic E-state index is -3.91. The van der Waals surface area contributed by atoms with Gasteiger partial charge in [0.1, 0.15) is 0 Å². The summed E-state index contributed by atoms with van der Waals surface area (Å²) in [5, 5.41) is 15.3. The van der Waals surface area contributed by atoms with Gasteiger partial charge in [-0.1, -0.05) is 11.6 Å². The van der Waals surface area contributed by atoms with Gasteiger partial charge in [0.05, 0.1) is 5.02 Å². The lowest BCUT2D eigenvalue weighted by molar-refractivity contribution is -0.607. The van der Waals surface area contributed by atoms with E-state index in [-0.39, 0.29) is 9.92 Å². The van der Waals surface area contributed by atoms with Crippen molar-refractivity contribution in [3.63, 3.8) is 0 Å². The van der Waals surface area contributed by atoms with Crippen molar-refractivity contribution in [1.29, 1.82) is 0 Å². The summed E-state index contributed by atoms with van der Waals surface area (Å²) in [6.45, 7) is 0. The number of halogens is 1. The molecule has 0 radical (unpaired) electrons. The van der Waals surface area contributed by atoms with Gasteiger partial charge in [-0.3, -0.25) is 0 Å². The highest BCUT2D eigenvalue weighted by atomic mass is 35.5. The van der Waals surface area contributed by atoms with Crippen LogP contribution in [0.5, 0.6) is 0 Å². The van der Waals surface area contributed by atoms with Crippen LogP contribution in [0, 0.1) is 5.21 Å². The van der Waals surface area contributed by atoms with Gasteiger partial charge < -0.3 is 5.21 Å². The topological polar surface area (TPSA) is 87.1 Å². The van der Waals surface area contributed by atoms with Gasteiger partial charge in [-0.15, -0.1) is 0 Å². The van der Waals surface area contributed by atoms with E-state index in [0.29, 0.717) is 4.73 Å². The fourth-order valence-corrected chi connectivity index (χ4v) is 1.67. The molecule has 66 valence electrons. The fraction of sp³-hybridized carbons (Fsp3) is 0. The molecule has 0 spiro atoms. The Hall–Kier alpha value is -0.850. The summed E-state index contributed by atoms with van der Waals surface area (Å²) in [6.07, 6.45) is 1.88. The molecular weight excluding hydrogens is 204 g/mol. The molecule has 0 aliphatic heterocycles. The smallest absolute Gasteiger partial charge is 0.245 e. The molecule has 0 aliphatic rings. The van der Waals surface area contributed by atoms with E-state index in [4.69, 9.17) is 16.7 Å².